The summed E-state index contributed by atoms with van der Waals surface area (Å²) in [5.41, 5.74) is 3.47. The van der Waals surface area contributed by atoms with Crippen LogP contribution >= 0.6 is 0 Å². The number of carbonyl (C=O) groups excluding carboxylic acids is 2. The van der Waals surface area contributed by atoms with Crippen LogP contribution in [0.15, 0.2) is 35.9 Å². The van der Waals surface area contributed by atoms with Gasteiger partial charge >= 0.3 is 0 Å². The number of nitrogens with one attached hydrogen (secondary N) is 1. The van der Waals surface area contributed by atoms with Crippen LogP contribution in [0.2, 0.25) is 0 Å². The van der Waals surface area contributed by atoms with Crippen LogP contribution in [0.5, 0.6) is 0 Å². The minimum Gasteiger partial charge on any atom is -0.289 e. The van der Waals surface area contributed by atoms with Gasteiger partial charge < -0.3 is 0 Å². The van der Waals surface area contributed by atoms with Crippen molar-refractivity contribution < 1.29 is 9.59 Å². The molecular weight excluding hydrogens is 190 g/mol. The summed E-state index contributed by atoms with van der Waals surface area (Å²) in [5.74, 6) is -0.638. The van der Waals surface area contributed by atoms with E-state index < -0.39 is 0 Å². The highest BCUT2D eigenvalue weighted by atomic mass is 16.2. The predicted molar refractivity (Wildman–Crippen MR) is 55.5 cm³/mol. The van der Waals surface area contributed by atoms with Crippen molar-refractivity contribution in [2.45, 2.75) is 0 Å². The molecule has 3 nitrogen and oxygen atoms in total. The quantitative estimate of drug-likeness (QED) is 0.686. The minimum absolute atomic E-state index is 0.305. The van der Waals surface area contributed by atoms with Crippen molar-refractivity contribution in [2.24, 2.45) is 0 Å². The van der Waals surface area contributed by atoms with Gasteiger partial charge in [0.15, 0.2) is 0 Å². The van der Waals surface area contributed by atoms with E-state index in [0.29, 0.717) is 5.57 Å². The fraction of sp³-hybridized carbons (Fsp3) is 0. The summed E-state index contributed by atoms with van der Waals surface area (Å²) in [7, 11) is 0. The third kappa shape index (κ3) is 1.06. The molecule has 0 bridgehead atoms. The number of amides is 2. The lowest BCUT2D eigenvalue weighted by atomic mass is 9.84. The van der Waals surface area contributed by atoms with Crippen molar-refractivity contribution >= 4 is 23.5 Å². The number of imide groups is 1. The van der Waals surface area contributed by atoms with Crippen LogP contribution in [-0.4, -0.2) is 11.8 Å². The maximum atomic E-state index is 11.4. The van der Waals surface area contributed by atoms with Gasteiger partial charge in [-0.2, -0.15) is 0 Å². The molecule has 1 aliphatic carbocycles. The van der Waals surface area contributed by atoms with Gasteiger partial charge in [0, 0.05) is 6.08 Å². The first-order valence-electron chi connectivity index (χ1n) is 4.64. The standard InChI is InChI=1S/C12H7NO2/c14-11-6-10(12(15)13-11)9-5-7-3-1-2-4-8(7)9/h1-6H,(H,13,14,15). The topological polar surface area (TPSA) is 46.2 Å². The lowest BCUT2D eigenvalue weighted by Gasteiger charge is -2.19. The summed E-state index contributed by atoms with van der Waals surface area (Å²) in [4.78, 5) is 22.4. The second kappa shape index (κ2) is 2.67. The van der Waals surface area contributed by atoms with Gasteiger partial charge in [-0.25, -0.2) is 0 Å². The summed E-state index contributed by atoms with van der Waals surface area (Å²) >= 11 is 0. The molecule has 3 heteroatoms. The van der Waals surface area contributed by atoms with E-state index in [1.54, 1.807) is 0 Å². The molecule has 1 aromatic carbocycles. The van der Waals surface area contributed by atoms with Crippen LogP contribution in [0, 0.1) is 0 Å². The molecule has 2 amide bonds. The van der Waals surface area contributed by atoms with E-state index in [9.17, 15) is 9.59 Å². The summed E-state index contributed by atoms with van der Waals surface area (Å²) in [6.07, 6.45) is 3.27. The molecule has 72 valence electrons. The normalized spacial score (nSPS) is 17.6. The van der Waals surface area contributed by atoms with Crippen LogP contribution in [0.25, 0.3) is 11.6 Å². The third-order valence-corrected chi connectivity index (χ3v) is 2.60. The smallest absolute Gasteiger partial charge is 0.258 e. The van der Waals surface area contributed by atoms with Crippen LogP contribution in [-0.2, 0) is 9.59 Å². The Kier molecular flexibility index (Phi) is 1.45. The molecule has 1 heterocycles. The highest BCUT2D eigenvalue weighted by molar-refractivity contribution is 6.27. The molecule has 2 aliphatic rings. The van der Waals surface area contributed by atoms with Crippen molar-refractivity contribution in [3.05, 3.63) is 47.0 Å². The molecule has 15 heavy (non-hydrogen) atoms. The molecule has 0 fully saturated rings. The first-order chi connectivity index (χ1) is 7.25. The van der Waals surface area contributed by atoms with E-state index in [-0.39, 0.29) is 11.8 Å². The van der Waals surface area contributed by atoms with Gasteiger partial charge in [-0.15, -0.1) is 0 Å². The summed E-state index contributed by atoms with van der Waals surface area (Å²) in [5, 5.41) is 2.24. The summed E-state index contributed by atoms with van der Waals surface area (Å²) < 4.78 is 0. The van der Waals surface area contributed by atoms with Gasteiger partial charge in [0.05, 0.1) is 5.57 Å². The van der Waals surface area contributed by atoms with Gasteiger partial charge in [0.1, 0.15) is 0 Å². The second-order valence-electron chi connectivity index (χ2n) is 3.52. The lowest BCUT2D eigenvalue weighted by molar-refractivity contribution is -0.123. The Balaban J connectivity index is 2.04. The van der Waals surface area contributed by atoms with Crippen LogP contribution < -0.4 is 5.32 Å². The number of carbonyl (C=O) groups is 2. The highest BCUT2D eigenvalue weighted by Gasteiger charge is 2.28. The number of hydrogen-bond donors (Lipinski definition) is 1. The third-order valence-electron chi connectivity index (χ3n) is 2.60. The first kappa shape index (κ1) is 8.17. The van der Waals surface area contributed by atoms with E-state index >= 15 is 0 Å². The first-order valence-corrected chi connectivity index (χ1v) is 4.64. The average Bonchev–Trinajstić information content (AvgIpc) is 2.48. The Bertz CT molecular complexity index is 552. The SMILES string of the molecule is O=C1C=C(C2=Cc3ccccc32)C(=O)N1. The molecule has 1 N–H and O–H groups in total. The maximum absolute atomic E-state index is 11.4. The van der Waals surface area contributed by atoms with Crippen LogP contribution in [0.1, 0.15) is 11.1 Å². The second-order valence-corrected chi connectivity index (χ2v) is 3.52. The molecule has 3 rings (SSSR count). The Labute approximate surface area is 86.1 Å². The van der Waals surface area contributed by atoms with Gasteiger partial charge in [-0.05, 0) is 22.8 Å². The number of benzene rings is 1. The van der Waals surface area contributed by atoms with E-state index in [2.05, 4.69) is 5.32 Å². The molecule has 0 saturated heterocycles. The Hall–Kier alpha value is -2.16. The zero-order valence-corrected chi connectivity index (χ0v) is 7.78. The molecule has 1 aliphatic heterocycles. The molecular formula is C12H7NO2. The minimum atomic E-state index is -0.333. The van der Waals surface area contributed by atoms with E-state index in [1.807, 2.05) is 30.3 Å². The maximum Gasteiger partial charge on any atom is 0.258 e. The van der Waals surface area contributed by atoms with E-state index in [4.69, 9.17) is 0 Å². The van der Waals surface area contributed by atoms with Crippen molar-refractivity contribution in [2.75, 3.05) is 0 Å². The molecule has 0 spiro atoms. The largest absolute Gasteiger partial charge is 0.289 e. The van der Waals surface area contributed by atoms with Crippen molar-refractivity contribution in [1.29, 1.82) is 0 Å². The monoisotopic (exact) mass is 197 g/mol. The molecule has 0 atom stereocenters. The zero-order valence-electron chi connectivity index (χ0n) is 7.78. The van der Waals surface area contributed by atoms with Gasteiger partial charge in [0.25, 0.3) is 11.8 Å². The van der Waals surface area contributed by atoms with Crippen molar-refractivity contribution in [1.82, 2.24) is 5.32 Å². The Morgan fingerprint density at radius 3 is 2.40 bits per heavy atom. The number of fused-ring (bicyclic) bond motifs is 1. The van der Waals surface area contributed by atoms with Gasteiger partial charge in [-0.1, -0.05) is 24.3 Å². The number of hydrogen-bond acceptors (Lipinski definition) is 2. The van der Waals surface area contributed by atoms with Gasteiger partial charge in [0.2, 0.25) is 0 Å². The fourth-order valence-corrected chi connectivity index (χ4v) is 1.86. The van der Waals surface area contributed by atoms with Crippen LogP contribution in [0.4, 0.5) is 0 Å². The Morgan fingerprint density at radius 2 is 1.73 bits per heavy atom. The highest BCUT2D eigenvalue weighted by Crippen LogP contribution is 2.37. The summed E-state index contributed by atoms with van der Waals surface area (Å²) in [6, 6.07) is 7.79. The van der Waals surface area contributed by atoms with E-state index in [0.717, 1.165) is 16.7 Å². The van der Waals surface area contributed by atoms with E-state index in [1.165, 1.54) is 6.08 Å². The van der Waals surface area contributed by atoms with Crippen molar-refractivity contribution in [3.8, 4) is 0 Å². The summed E-state index contributed by atoms with van der Waals surface area (Å²) in [6.45, 7) is 0. The lowest BCUT2D eigenvalue weighted by Crippen LogP contribution is -2.23. The molecule has 0 radical (unpaired) electrons. The zero-order chi connectivity index (χ0) is 10.4. The molecule has 0 aromatic heterocycles. The average molecular weight is 197 g/mol. The van der Waals surface area contributed by atoms with Crippen LogP contribution in [0.3, 0.4) is 0 Å². The Morgan fingerprint density at radius 1 is 0.933 bits per heavy atom. The predicted octanol–water partition coefficient (Wildman–Crippen LogP) is 1.12. The van der Waals surface area contributed by atoms with Gasteiger partial charge in [-0.3, -0.25) is 14.9 Å². The fourth-order valence-electron chi connectivity index (χ4n) is 1.86. The number of rotatable bonds is 1. The molecule has 0 unspecified atom stereocenters. The molecule has 1 aromatic rings. The molecule has 0 saturated carbocycles. The van der Waals surface area contributed by atoms with Crippen molar-refractivity contribution in [3.63, 3.8) is 0 Å².